The summed E-state index contributed by atoms with van der Waals surface area (Å²) in [5, 5.41) is 30.7. The molecular weight excluding hydrogens is 277 g/mol. The van der Waals surface area contributed by atoms with E-state index in [1.807, 2.05) is 62.3 Å². The number of aromatic nitrogens is 3. The van der Waals surface area contributed by atoms with Crippen LogP contribution < -0.4 is 5.02 Å². The largest absolute Gasteiger partial charge is 0.832 e. The number of urea groups is 1. The van der Waals surface area contributed by atoms with Gasteiger partial charge in [0.1, 0.15) is 10.4 Å². The van der Waals surface area contributed by atoms with E-state index in [9.17, 15) is 0 Å². The van der Waals surface area contributed by atoms with Gasteiger partial charge in [-0.05, 0) is 16.7 Å². The van der Waals surface area contributed by atoms with E-state index in [4.69, 9.17) is 19.6 Å². The van der Waals surface area contributed by atoms with Crippen molar-refractivity contribution in [2.45, 2.75) is 0 Å². The molecule has 10 heteroatoms. The van der Waals surface area contributed by atoms with E-state index in [1.165, 1.54) is 4.85 Å². The Morgan fingerprint density at radius 2 is 1.71 bits per heavy atom. The van der Waals surface area contributed by atoms with Crippen LogP contribution in [0.15, 0.2) is 24.3 Å². The maximum atomic E-state index is 8.64. The summed E-state index contributed by atoms with van der Waals surface area (Å²) in [7, 11) is 5.23. The summed E-state index contributed by atoms with van der Waals surface area (Å²) in [5.41, 5.74) is 1.65. The zero-order valence-corrected chi connectivity index (χ0v) is 12.3. The molecule has 1 heterocycles. The molecule has 0 aliphatic rings. The number of rotatable bonds is 1. The van der Waals surface area contributed by atoms with E-state index in [2.05, 4.69) is 10.3 Å². The molecule has 114 valence electrons. The molecule has 1 aromatic carbocycles. The number of hydrogen-bond acceptors (Lipinski definition) is 5. The van der Waals surface area contributed by atoms with Gasteiger partial charge in [0.25, 0.3) is 0 Å². The highest BCUT2D eigenvalue weighted by atomic mass is 16.6. The van der Waals surface area contributed by atoms with Crippen LogP contribution in [0.1, 0.15) is 0 Å². The molecule has 2 amide bonds. The molecule has 2 aromatic rings. The average Bonchev–Trinajstić information content (AvgIpc) is 2.77. The third kappa shape index (κ3) is 5.02. The fourth-order valence-electron chi connectivity index (χ4n) is 1.56. The van der Waals surface area contributed by atoms with Crippen LogP contribution >= 0.6 is 0 Å². The second kappa shape index (κ2) is 7.57. The van der Waals surface area contributed by atoms with Crippen molar-refractivity contribution in [2.75, 3.05) is 28.2 Å². The van der Waals surface area contributed by atoms with Crippen molar-refractivity contribution in [2.24, 2.45) is 0 Å². The van der Waals surface area contributed by atoms with Gasteiger partial charge in [0.2, 0.25) is 0 Å². The van der Waals surface area contributed by atoms with Gasteiger partial charge >= 0.3 is 13.4 Å². The summed E-state index contributed by atoms with van der Waals surface area (Å²) in [6.07, 6.45) is 0. The highest BCUT2D eigenvalue weighted by Gasteiger charge is 2.22. The van der Waals surface area contributed by atoms with Gasteiger partial charge < -0.3 is 15.1 Å². The normalized spacial score (nSPS) is 9.67. The zero-order valence-electron chi connectivity index (χ0n) is 12.3. The van der Waals surface area contributed by atoms with E-state index in [-0.39, 0.29) is 0 Å². The first-order chi connectivity index (χ1) is 9.82. The second-order valence-corrected chi connectivity index (χ2v) is 4.44. The third-order valence-corrected chi connectivity index (χ3v) is 2.25. The third-order valence-electron chi connectivity index (χ3n) is 2.25. The average molecular weight is 295 g/mol. The van der Waals surface area contributed by atoms with Crippen molar-refractivity contribution in [3.05, 3.63) is 24.3 Å². The minimum Gasteiger partial charge on any atom is -0.832 e. The van der Waals surface area contributed by atoms with Crippen LogP contribution in [0.5, 0.6) is 0 Å². The van der Waals surface area contributed by atoms with Gasteiger partial charge in [-0.25, -0.2) is 0 Å². The molecule has 2 rings (SSSR count). The first-order valence-electron chi connectivity index (χ1n) is 6.05. The summed E-state index contributed by atoms with van der Waals surface area (Å²) >= 11 is 0. The zero-order chi connectivity index (χ0) is 16.0. The summed E-state index contributed by atoms with van der Waals surface area (Å²) in [4.78, 5) is 5.16. The van der Waals surface area contributed by atoms with Gasteiger partial charge in [-0.15, -0.1) is 5.10 Å². The standard InChI is InChI=1S/C11H16N5O.BH2O3/c1-14(2)11(15(3)4)17-16-10-8-6-5-7-9(10)12-13-16;2-1(3)4/h5-8H,1-4H3;2-3H/q+1;-1. The van der Waals surface area contributed by atoms with Gasteiger partial charge in [-0.1, -0.05) is 12.1 Å². The minimum atomic E-state index is -2.42. The van der Waals surface area contributed by atoms with Crippen molar-refractivity contribution in [3.8, 4) is 0 Å². The molecule has 2 N–H and O–H groups in total. The Balaban J connectivity index is 0.000000491. The topological polar surface area (TPSA) is 112 Å². The van der Waals surface area contributed by atoms with Crippen LogP contribution in [0.3, 0.4) is 0 Å². The second-order valence-electron chi connectivity index (χ2n) is 4.44. The molecule has 0 saturated carbocycles. The molecule has 0 radical (unpaired) electrons. The lowest BCUT2D eigenvalue weighted by Gasteiger charge is -2.10. The van der Waals surface area contributed by atoms with E-state index in [1.54, 1.807) is 0 Å². The number of benzene rings is 1. The maximum Gasteiger partial charge on any atom is 0.554 e. The quantitative estimate of drug-likeness (QED) is 0.480. The van der Waals surface area contributed by atoms with E-state index >= 15 is 0 Å². The van der Waals surface area contributed by atoms with Crippen LogP contribution in [-0.2, 0) is 0 Å². The van der Waals surface area contributed by atoms with Crippen molar-refractivity contribution in [1.82, 2.24) is 25.0 Å². The van der Waals surface area contributed by atoms with Crippen molar-refractivity contribution >= 4 is 24.4 Å². The van der Waals surface area contributed by atoms with E-state index < -0.39 is 7.32 Å². The highest BCUT2D eigenvalue weighted by Crippen LogP contribution is 2.11. The van der Waals surface area contributed by atoms with Gasteiger partial charge in [0, 0.05) is 33.4 Å². The monoisotopic (exact) mass is 295 g/mol. The molecule has 0 aliphatic heterocycles. The first kappa shape index (κ1) is 16.9. The minimum absolute atomic E-state index is 0.681. The van der Waals surface area contributed by atoms with Crippen LogP contribution in [0, 0.1) is 0 Å². The SMILES string of the molecule is CN(C)C(=[O+]n1nnc2ccccc21)N(C)C.[O-]B(O)O. The predicted molar refractivity (Wildman–Crippen MR) is 75.9 cm³/mol. The molecule has 0 unspecified atom stereocenters. The summed E-state index contributed by atoms with van der Waals surface area (Å²) in [6, 6.07) is 8.34. The first-order valence-corrected chi connectivity index (χ1v) is 6.05. The number of amides is 2. The molecule has 0 saturated heterocycles. The molecule has 21 heavy (non-hydrogen) atoms. The summed E-state index contributed by atoms with van der Waals surface area (Å²) in [6.45, 7) is 0. The summed E-state index contributed by atoms with van der Waals surface area (Å²) in [5.74, 6) is 0. The number of fused-ring (bicyclic) bond motifs is 1. The van der Waals surface area contributed by atoms with Crippen molar-refractivity contribution in [3.63, 3.8) is 0 Å². The molecule has 0 bridgehead atoms. The fourth-order valence-corrected chi connectivity index (χ4v) is 1.56. The Kier molecular flexibility index (Phi) is 6.09. The Hall–Kier alpha value is -2.17. The van der Waals surface area contributed by atoms with E-state index in [0.29, 0.717) is 6.03 Å². The molecule has 0 atom stereocenters. The molecular formula is C11H18BN5O4. The Bertz CT molecular complexity index is 586. The number of nitrogens with zero attached hydrogens (tertiary/aromatic N) is 5. The Morgan fingerprint density at radius 1 is 1.19 bits per heavy atom. The molecule has 0 fully saturated rings. The molecule has 9 nitrogen and oxygen atoms in total. The van der Waals surface area contributed by atoms with E-state index in [0.717, 1.165) is 11.0 Å². The van der Waals surface area contributed by atoms with Crippen molar-refractivity contribution < 1.29 is 19.6 Å². The van der Waals surface area contributed by atoms with Gasteiger partial charge in [0.05, 0.1) is 0 Å². The maximum absolute atomic E-state index is 8.64. The lowest BCUT2D eigenvalue weighted by atomic mass is 10.3. The highest BCUT2D eigenvalue weighted by molar-refractivity contribution is 6.28. The number of para-hydroxylation sites is 1. The van der Waals surface area contributed by atoms with Crippen LogP contribution in [0.2, 0.25) is 0 Å². The Morgan fingerprint density at radius 3 is 2.24 bits per heavy atom. The van der Waals surface area contributed by atoms with Gasteiger partial charge in [0.15, 0.2) is 5.52 Å². The lowest BCUT2D eigenvalue weighted by Crippen LogP contribution is -2.35. The smallest absolute Gasteiger partial charge is 0.554 e. The summed E-state index contributed by atoms with van der Waals surface area (Å²) < 4.78 is 5.70. The van der Waals surface area contributed by atoms with Crippen LogP contribution in [-0.4, -0.2) is 76.5 Å². The number of carbonyl (C=O) groups excluding carboxylic acids is 1. The number of hydrogen-bond donors (Lipinski definition) is 2. The lowest BCUT2D eigenvalue weighted by molar-refractivity contribution is -0.244. The Labute approximate surface area is 122 Å². The molecule has 0 spiro atoms. The van der Waals surface area contributed by atoms with Crippen LogP contribution in [0.4, 0.5) is 4.53 Å². The van der Waals surface area contributed by atoms with Crippen molar-refractivity contribution in [1.29, 1.82) is 0 Å². The van der Waals surface area contributed by atoms with Gasteiger partial charge in [-0.3, -0.25) is 9.80 Å². The van der Waals surface area contributed by atoms with Gasteiger partial charge in [-0.2, -0.15) is 0 Å². The predicted octanol–water partition coefficient (Wildman–Crippen LogP) is -1.71. The molecule has 0 aliphatic carbocycles. The van der Waals surface area contributed by atoms with Crippen LogP contribution in [0.25, 0.3) is 11.0 Å². The molecule has 1 aromatic heterocycles. The fraction of sp³-hybridized carbons (Fsp3) is 0.364.